The van der Waals surface area contributed by atoms with Crippen LogP contribution in [0.5, 0.6) is 0 Å². The number of rotatable bonds is 6. The number of hydrogen-bond acceptors (Lipinski definition) is 7. The minimum Gasteiger partial charge on any atom is -0.380 e. The van der Waals surface area contributed by atoms with E-state index >= 15 is 0 Å². The molecule has 4 aromatic rings. The van der Waals surface area contributed by atoms with Gasteiger partial charge in [-0.25, -0.2) is 9.50 Å². The first-order valence-electron chi connectivity index (χ1n) is 12.8. The van der Waals surface area contributed by atoms with Crippen LogP contribution >= 0.6 is 0 Å². The van der Waals surface area contributed by atoms with Gasteiger partial charge in [0.25, 0.3) is 5.91 Å². The van der Waals surface area contributed by atoms with Crippen LogP contribution in [-0.2, 0) is 16.6 Å². The average molecular weight is 521 g/mol. The van der Waals surface area contributed by atoms with E-state index in [0.29, 0.717) is 44.8 Å². The standard InChI is InChI=1S/C29H28N8O2/c1-34-17-24(16-32-34)22-12-26(28-23(13-30)15-33-37(28)18-22)20-6-7-27(31-14-20)35-8-10-36(11-9-35)29(38)25-5-3-4-21(25)19-39-2/h3-4,6-7,12,14-18H,5,8-11,19H2,1-2H3. The highest BCUT2D eigenvalue weighted by Gasteiger charge is 2.26. The molecule has 6 rings (SSSR count). The molecular weight excluding hydrogens is 492 g/mol. The molecule has 2 aliphatic rings. The number of fused-ring (bicyclic) bond motifs is 1. The summed E-state index contributed by atoms with van der Waals surface area (Å²) in [4.78, 5) is 22.0. The number of carbonyl (C=O) groups excluding carboxylic acids is 1. The maximum absolute atomic E-state index is 13.1. The lowest BCUT2D eigenvalue weighted by atomic mass is 10.0. The van der Waals surface area contributed by atoms with Gasteiger partial charge in [-0.1, -0.05) is 12.2 Å². The Morgan fingerprint density at radius 1 is 1.05 bits per heavy atom. The number of nitrogens with zero attached hydrogens (tertiary/aromatic N) is 8. The molecule has 0 saturated carbocycles. The van der Waals surface area contributed by atoms with Crippen LogP contribution in [0.2, 0.25) is 0 Å². The number of methoxy groups -OCH3 is 1. The van der Waals surface area contributed by atoms with Gasteiger partial charge < -0.3 is 14.5 Å². The van der Waals surface area contributed by atoms with E-state index in [2.05, 4.69) is 27.2 Å². The summed E-state index contributed by atoms with van der Waals surface area (Å²) in [6, 6.07) is 8.34. The number of pyridine rings is 2. The molecule has 5 heterocycles. The van der Waals surface area contributed by atoms with Crippen LogP contribution < -0.4 is 4.90 Å². The van der Waals surface area contributed by atoms with Crippen molar-refractivity contribution < 1.29 is 9.53 Å². The summed E-state index contributed by atoms with van der Waals surface area (Å²) in [5.74, 6) is 0.961. The number of piperazine rings is 1. The normalized spacial score (nSPS) is 15.4. The van der Waals surface area contributed by atoms with E-state index in [1.807, 2.05) is 61.0 Å². The maximum Gasteiger partial charge on any atom is 0.250 e. The highest BCUT2D eigenvalue weighted by atomic mass is 16.5. The van der Waals surface area contributed by atoms with Crippen molar-refractivity contribution in [3.63, 3.8) is 0 Å². The van der Waals surface area contributed by atoms with Crippen molar-refractivity contribution >= 4 is 17.2 Å². The molecule has 196 valence electrons. The Hall–Kier alpha value is -4.75. The summed E-state index contributed by atoms with van der Waals surface area (Å²) in [5, 5.41) is 18.4. The highest BCUT2D eigenvalue weighted by Crippen LogP contribution is 2.32. The molecule has 39 heavy (non-hydrogen) atoms. The summed E-state index contributed by atoms with van der Waals surface area (Å²) in [7, 11) is 3.53. The Kier molecular flexibility index (Phi) is 6.42. The second-order valence-electron chi connectivity index (χ2n) is 9.74. The Bertz CT molecular complexity index is 1650. The van der Waals surface area contributed by atoms with Gasteiger partial charge in [0.15, 0.2) is 0 Å². The number of ether oxygens (including phenoxy) is 1. The van der Waals surface area contributed by atoms with Crippen LogP contribution in [0.3, 0.4) is 0 Å². The van der Waals surface area contributed by atoms with Crippen LogP contribution in [0.25, 0.3) is 27.8 Å². The second-order valence-corrected chi connectivity index (χ2v) is 9.74. The number of anilines is 1. The summed E-state index contributed by atoms with van der Waals surface area (Å²) < 4.78 is 8.75. The monoisotopic (exact) mass is 520 g/mol. The quantitative estimate of drug-likeness (QED) is 0.384. The van der Waals surface area contributed by atoms with Crippen molar-refractivity contribution in [1.82, 2.24) is 29.3 Å². The van der Waals surface area contributed by atoms with E-state index in [0.717, 1.165) is 44.7 Å². The molecule has 0 N–H and O–H groups in total. The summed E-state index contributed by atoms with van der Waals surface area (Å²) in [6.45, 7) is 3.16. The van der Waals surface area contributed by atoms with Gasteiger partial charge in [-0.05, 0) is 30.2 Å². The van der Waals surface area contributed by atoms with E-state index in [-0.39, 0.29) is 5.91 Å². The van der Waals surface area contributed by atoms with E-state index in [1.165, 1.54) is 0 Å². The lowest BCUT2D eigenvalue weighted by Gasteiger charge is -2.36. The molecule has 4 aromatic heterocycles. The molecule has 1 aliphatic heterocycles. The molecule has 0 atom stereocenters. The van der Waals surface area contributed by atoms with E-state index in [9.17, 15) is 10.1 Å². The van der Waals surface area contributed by atoms with Crippen molar-refractivity contribution in [2.75, 3.05) is 44.8 Å². The second kappa shape index (κ2) is 10.2. The third-order valence-electron chi connectivity index (χ3n) is 7.31. The summed E-state index contributed by atoms with van der Waals surface area (Å²) >= 11 is 0. The highest BCUT2D eigenvalue weighted by molar-refractivity contribution is 5.96. The van der Waals surface area contributed by atoms with Gasteiger partial charge in [-0.3, -0.25) is 9.48 Å². The van der Waals surface area contributed by atoms with Crippen LogP contribution in [0, 0.1) is 11.3 Å². The molecule has 0 aromatic carbocycles. The molecule has 1 aliphatic carbocycles. The van der Waals surface area contributed by atoms with Gasteiger partial charge >= 0.3 is 0 Å². The van der Waals surface area contributed by atoms with Gasteiger partial charge in [0.05, 0.1) is 30.1 Å². The summed E-state index contributed by atoms with van der Waals surface area (Å²) in [6.07, 6.45) is 13.8. The number of aryl methyl sites for hydroxylation is 1. The molecule has 1 saturated heterocycles. The SMILES string of the molecule is COCC1=C(C(=O)N2CCN(c3ccc(-c4cc(-c5cnn(C)c5)cn5ncc(C#N)c45)cn3)CC2)CC=C1. The molecule has 10 heteroatoms. The predicted octanol–water partition coefficient (Wildman–Crippen LogP) is 3.22. The molecule has 0 bridgehead atoms. The van der Waals surface area contributed by atoms with Crippen LogP contribution in [-0.4, -0.2) is 75.1 Å². The third kappa shape index (κ3) is 4.57. The molecule has 0 unspecified atom stereocenters. The average Bonchev–Trinajstić information content (AvgIpc) is 3.72. The zero-order valence-corrected chi connectivity index (χ0v) is 21.9. The zero-order chi connectivity index (χ0) is 26.9. The molecule has 0 spiro atoms. The zero-order valence-electron chi connectivity index (χ0n) is 21.9. The van der Waals surface area contributed by atoms with Crippen molar-refractivity contribution in [2.45, 2.75) is 6.42 Å². The predicted molar refractivity (Wildman–Crippen MR) is 147 cm³/mol. The molecular formula is C29H28N8O2. The maximum atomic E-state index is 13.1. The Labute approximate surface area is 226 Å². The molecule has 10 nitrogen and oxygen atoms in total. The number of amides is 1. The first kappa shape index (κ1) is 24.6. The minimum atomic E-state index is 0.0987. The van der Waals surface area contributed by atoms with Crippen molar-refractivity contribution in [1.29, 1.82) is 5.26 Å². The van der Waals surface area contributed by atoms with E-state index in [4.69, 9.17) is 9.72 Å². The van der Waals surface area contributed by atoms with Gasteiger partial charge in [-0.2, -0.15) is 15.5 Å². The Balaban J connectivity index is 1.22. The van der Waals surface area contributed by atoms with E-state index in [1.54, 1.807) is 22.5 Å². The van der Waals surface area contributed by atoms with Gasteiger partial charge in [-0.15, -0.1) is 0 Å². The van der Waals surface area contributed by atoms with Crippen LogP contribution in [0.1, 0.15) is 12.0 Å². The molecule has 0 radical (unpaired) electrons. The van der Waals surface area contributed by atoms with E-state index < -0.39 is 0 Å². The van der Waals surface area contributed by atoms with Gasteiger partial charge in [0.1, 0.15) is 11.9 Å². The molecule has 1 fully saturated rings. The van der Waals surface area contributed by atoms with Crippen LogP contribution in [0.15, 0.2) is 72.5 Å². The number of aromatic nitrogens is 5. The lowest BCUT2D eigenvalue weighted by Crippen LogP contribution is -2.49. The smallest absolute Gasteiger partial charge is 0.250 e. The molecule has 1 amide bonds. The third-order valence-corrected chi connectivity index (χ3v) is 7.31. The first-order chi connectivity index (χ1) is 19.1. The number of hydrogen-bond donors (Lipinski definition) is 0. The van der Waals surface area contributed by atoms with Gasteiger partial charge in [0.2, 0.25) is 0 Å². The Morgan fingerprint density at radius 3 is 2.59 bits per heavy atom. The summed E-state index contributed by atoms with van der Waals surface area (Å²) in [5.41, 5.74) is 6.75. The number of carbonyl (C=O) groups is 1. The largest absolute Gasteiger partial charge is 0.380 e. The fourth-order valence-electron chi connectivity index (χ4n) is 5.28. The van der Waals surface area contributed by atoms with Crippen molar-refractivity contribution in [3.05, 3.63) is 78.0 Å². The van der Waals surface area contributed by atoms with Crippen LogP contribution in [0.4, 0.5) is 5.82 Å². The lowest BCUT2D eigenvalue weighted by molar-refractivity contribution is -0.127. The number of allylic oxidation sites excluding steroid dienone is 1. The first-order valence-corrected chi connectivity index (χ1v) is 12.8. The van der Waals surface area contributed by atoms with Crippen molar-refractivity contribution in [3.8, 4) is 28.3 Å². The van der Waals surface area contributed by atoms with Crippen molar-refractivity contribution in [2.24, 2.45) is 7.05 Å². The number of nitriles is 1. The fourth-order valence-corrected chi connectivity index (χ4v) is 5.28. The van der Waals surface area contributed by atoms with Gasteiger partial charge in [0, 0.05) is 86.8 Å². The topological polar surface area (TPSA) is 105 Å². The Morgan fingerprint density at radius 2 is 1.90 bits per heavy atom. The minimum absolute atomic E-state index is 0.0987. The fraction of sp³-hybridized carbons (Fsp3) is 0.276.